The van der Waals surface area contributed by atoms with E-state index in [0.717, 1.165) is 11.4 Å². The summed E-state index contributed by atoms with van der Waals surface area (Å²) in [5.74, 6) is 0.827. The second kappa shape index (κ2) is 3.31. The molecule has 0 bridgehead atoms. The maximum atomic E-state index is 9.67. The Bertz CT molecular complexity index is 483. The molecule has 0 fully saturated rings. The van der Waals surface area contributed by atoms with Crippen LogP contribution < -0.4 is 5.73 Å². The van der Waals surface area contributed by atoms with Crippen LogP contribution in [-0.4, -0.2) is 15.1 Å². The Morgan fingerprint density at radius 1 is 1.33 bits per heavy atom. The smallest absolute Gasteiger partial charge is 0.141 e. The molecule has 0 atom stereocenters. The lowest BCUT2D eigenvalue weighted by Gasteiger charge is -2.02. The molecule has 0 aliphatic carbocycles. The SMILES string of the molecule is Cc1nc(-c2cc(N)ccc2O)[nH]c1C. The van der Waals surface area contributed by atoms with Crippen LogP contribution in [0.25, 0.3) is 11.4 Å². The predicted molar refractivity (Wildman–Crippen MR) is 59.6 cm³/mol. The van der Waals surface area contributed by atoms with Gasteiger partial charge in [-0.3, -0.25) is 0 Å². The van der Waals surface area contributed by atoms with Crippen LogP contribution in [0.3, 0.4) is 0 Å². The van der Waals surface area contributed by atoms with Crippen LogP contribution in [0.5, 0.6) is 5.75 Å². The third kappa shape index (κ3) is 1.66. The molecule has 0 aliphatic rings. The number of nitrogens with two attached hydrogens (primary N) is 1. The molecule has 1 aromatic carbocycles. The number of nitrogens with one attached hydrogen (secondary N) is 1. The van der Waals surface area contributed by atoms with Gasteiger partial charge in [0.1, 0.15) is 11.6 Å². The largest absolute Gasteiger partial charge is 0.507 e. The number of anilines is 1. The highest BCUT2D eigenvalue weighted by Gasteiger charge is 2.09. The van der Waals surface area contributed by atoms with E-state index in [1.54, 1.807) is 18.2 Å². The van der Waals surface area contributed by atoms with Gasteiger partial charge >= 0.3 is 0 Å². The quantitative estimate of drug-likeness (QED) is 0.490. The fraction of sp³-hybridized carbons (Fsp3) is 0.182. The van der Waals surface area contributed by atoms with Crippen LogP contribution in [0.4, 0.5) is 5.69 Å². The van der Waals surface area contributed by atoms with Crippen molar-refractivity contribution in [3.05, 3.63) is 29.6 Å². The lowest BCUT2D eigenvalue weighted by atomic mass is 10.1. The number of hydrogen-bond acceptors (Lipinski definition) is 3. The summed E-state index contributed by atoms with van der Waals surface area (Å²) in [4.78, 5) is 7.41. The van der Waals surface area contributed by atoms with Crippen molar-refractivity contribution in [2.45, 2.75) is 13.8 Å². The minimum absolute atomic E-state index is 0.179. The number of nitrogens with zero attached hydrogens (tertiary/aromatic N) is 1. The van der Waals surface area contributed by atoms with Crippen molar-refractivity contribution in [3.63, 3.8) is 0 Å². The fourth-order valence-electron chi connectivity index (χ4n) is 1.42. The summed E-state index contributed by atoms with van der Waals surface area (Å²) >= 11 is 0. The van der Waals surface area contributed by atoms with Crippen molar-refractivity contribution in [2.24, 2.45) is 0 Å². The van der Waals surface area contributed by atoms with E-state index in [-0.39, 0.29) is 5.75 Å². The number of H-pyrrole nitrogens is 1. The average Bonchev–Trinajstić information content (AvgIpc) is 2.51. The highest BCUT2D eigenvalue weighted by Crippen LogP contribution is 2.29. The summed E-state index contributed by atoms with van der Waals surface area (Å²) < 4.78 is 0. The van der Waals surface area contributed by atoms with Gasteiger partial charge in [-0.05, 0) is 32.0 Å². The first-order valence-corrected chi connectivity index (χ1v) is 4.70. The zero-order chi connectivity index (χ0) is 11.0. The molecule has 0 saturated carbocycles. The van der Waals surface area contributed by atoms with Gasteiger partial charge in [-0.2, -0.15) is 0 Å². The first-order valence-electron chi connectivity index (χ1n) is 4.70. The highest BCUT2D eigenvalue weighted by atomic mass is 16.3. The number of phenols is 1. The molecule has 1 aromatic heterocycles. The molecule has 1 heterocycles. The molecule has 0 radical (unpaired) electrons. The Labute approximate surface area is 87.8 Å². The Morgan fingerprint density at radius 2 is 2.07 bits per heavy atom. The maximum absolute atomic E-state index is 9.67. The summed E-state index contributed by atoms with van der Waals surface area (Å²) in [5, 5.41) is 9.67. The van der Waals surface area contributed by atoms with E-state index in [4.69, 9.17) is 5.73 Å². The zero-order valence-corrected chi connectivity index (χ0v) is 8.70. The van der Waals surface area contributed by atoms with Crippen LogP contribution in [0.1, 0.15) is 11.4 Å². The fourth-order valence-corrected chi connectivity index (χ4v) is 1.42. The van der Waals surface area contributed by atoms with E-state index in [0.29, 0.717) is 17.1 Å². The van der Waals surface area contributed by atoms with Crippen LogP contribution in [-0.2, 0) is 0 Å². The minimum atomic E-state index is 0.179. The first-order chi connectivity index (χ1) is 7.08. The molecule has 0 spiro atoms. The lowest BCUT2D eigenvalue weighted by Crippen LogP contribution is -1.87. The molecule has 0 amide bonds. The van der Waals surface area contributed by atoms with E-state index >= 15 is 0 Å². The summed E-state index contributed by atoms with van der Waals surface area (Å²) in [6, 6.07) is 4.92. The third-order valence-corrected chi connectivity index (χ3v) is 2.40. The van der Waals surface area contributed by atoms with Crippen molar-refractivity contribution >= 4 is 5.69 Å². The molecule has 2 aromatic rings. The van der Waals surface area contributed by atoms with E-state index in [9.17, 15) is 5.11 Å². The van der Waals surface area contributed by atoms with Crippen molar-refractivity contribution < 1.29 is 5.11 Å². The zero-order valence-electron chi connectivity index (χ0n) is 8.70. The minimum Gasteiger partial charge on any atom is -0.507 e. The Hall–Kier alpha value is -1.97. The van der Waals surface area contributed by atoms with Gasteiger partial charge in [-0.25, -0.2) is 4.98 Å². The number of phenolic OH excluding ortho intramolecular Hbond substituents is 1. The van der Waals surface area contributed by atoms with Gasteiger partial charge in [0.2, 0.25) is 0 Å². The van der Waals surface area contributed by atoms with Crippen molar-refractivity contribution in [1.29, 1.82) is 0 Å². The molecule has 15 heavy (non-hydrogen) atoms. The summed E-state index contributed by atoms with van der Waals surface area (Å²) in [7, 11) is 0. The second-order valence-electron chi connectivity index (χ2n) is 3.57. The number of imidazole rings is 1. The highest BCUT2D eigenvalue weighted by molar-refractivity contribution is 5.68. The summed E-state index contributed by atoms with van der Waals surface area (Å²) in [5.41, 5.74) is 8.81. The van der Waals surface area contributed by atoms with E-state index in [1.165, 1.54) is 0 Å². The van der Waals surface area contributed by atoms with Crippen LogP contribution in [0.2, 0.25) is 0 Å². The molecule has 78 valence electrons. The van der Waals surface area contributed by atoms with Crippen molar-refractivity contribution in [1.82, 2.24) is 9.97 Å². The van der Waals surface area contributed by atoms with E-state index < -0.39 is 0 Å². The van der Waals surface area contributed by atoms with Crippen molar-refractivity contribution in [3.8, 4) is 17.1 Å². The molecule has 4 heteroatoms. The molecule has 0 unspecified atom stereocenters. The number of rotatable bonds is 1. The average molecular weight is 203 g/mol. The maximum Gasteiger partial charge on any atom is 0.141 e. The van der Waals surface area contributed by atoms with Crippen molar-refractivity contribution in [2.75, 3.05) is 5.73 Å². The number of nitrogen functional groups attached to an aromatic ring is 1. The molecule has 4 nitrogen and oxygen atoms in total. The first kappa shape index (κ1) is 9.58. The van der Waals surface area contributed by atoms with Gasteiger partial charge in [-0.15, -0.1) is 0 Å². The van der Waals surface area contributed by atoms with Gasteiger partial charge in [0.25, 0.3) is 0 Å². The molecule has 0 aliphatic heterocycles. The van der Waals surface area contributed by atoms with Gasteiger partial charge in [0.05, 0.1) is 11.3 Å². The van der Waals surface area contributed by atoms with E-state index in [1.807, 2.05) is 13.8 Å². The molecule has 0 saturated heterocycles. The Balaban J connectivity index is 2.58. The van der Waals surface area contributed by atoms with Crippen LogP contribution in [0.15, 0.2) is 18.2 Å². The molecular formula is C11H13N3O. The summed E-state index contributed by atoms with van der Waals surface area (Å²) in [6.07, 6.45) is 0. The van der Waals surface area contributed by atoms with Crippen LogP contribution >= 0.6 is 0 Å². The predicted octanol–water partition coefficient (Wildman–Crippen LogP) is 1.98. The van der Waals surface area contributed by atoms with Gasteiger partial charge < -0.3 is 15.8 Å². The standard InChI is InChI=1S/C11H13N3O/c1-6-7(2)14-11(13-6)9-5-8(12)3-4-10(9)15/h3-5,15H,12H2,1-2H3,(H,13,14). The number of aromatic amines is 1. The number of benzene rings is 1. The number of aromatic nitrogens is 2. The molecule has 4 N–H and O–H groups in total. The number of hydrogen-bond donors (Lipinski definition) is 3. The van der Waals surface area contributed by atoms with Gasteiger partial charge in [0.15, 0.2) is 0 Å². The normalized spacial score (nSPS) is 10.5. The van der Waals surface area contributed by atoms with Gasteiger partial charge in [-0.1, -0.05) is 0 Å². The Morgan fingerprint density at radius 3 is 2.67 bits per heavy atom. The van der Waals surface area contributed by atoms with Crippen LogP contribution in [0, 0.1) is 13.8 Å². The number of aryl methyl sites for hydroxylation is 2. The second-order valence-corrected chi connectivity index (χ2v) is 3.57. The number of aromatic hydroxyl groups is 1. The third-order valence-electron chi connectivity index (χ3n) is 2.40. The van der Waals surface area contributed by atoms with Gasteiger partial charge in [0, 0.05) is 11.4 Å². The molecule has 2 rings (SSSR count). The molecular weight excluding hydrogens is 190 g/mol. The Kier molecular flexibility index (Phi) is 2.11. The summed E-state index contributed by atoms with van der Waals surface area (Å²) in [6.45, 7) is 3.86. The topological polar surface area (TPSA) is 74.9 Å². The monoisotopic (exact) mass is 203 g/mol. The van der Waals surface area contributed by atoms with E-state index in [2.05, 4.69) is 9.97 Å². The lowest BCUT2D eigenvalue weighted by molar-refractivity contribution is 0.477.